The van der Waals surface area contributed by atoms with Gasteiger partial charge in [0.15, 0.2) is 0 Å². The SMILES string of the molecule is Cc1cccc2cc(C(C)N)nn12. The molecule has 0 aliphatic heterocycles. The maximum Gasteiger partial charge on any atom is 0.0799 e. The fourth-order valence-electron chi connectivity index (χ4n) is 1.40. The van der Waals surface area contributed by atoms with Crippen molar-refractivity contribution in [1.29, 1.82) is 0 Å². The van der Waals surface area contributed by atoms with Crippen molar-refractivity contribution in [1.82, 2.24) is 9.61 Å². The van der Waals surface area contributed by atoms with Gasteiger partial charge in [-0.15, -0.1) is 0 Å². The summed E-state index contributed by atoms with van der Waals surface area (Å²) in [5, 5.41) is 4.40. The van der Waals surface area contributed by atoms with Crippen LogP contribution in [-0.4, -0.2) is 9.61 Å². The largest absolute Gasteiger partial charge is 0.323 e. The quantitative estimate of drug-likeness (QED) is 0.716. The summed E-state index contributed by atoms with van der Waals surface area (Å²) in [5.74, 6) is 0. The highest BCUT2D eigenvalue weighted by molar-refractivity contribution is 5.48. The van der Waals surface area contributed by atoms with Gasteiger partial charge in [-0.3, -0.25) is 0 Å². The number of hydrogen-bond donors (Lipinski definition) is 1. The first-order valence-corrected chi connectivity index (χ1v) is 4.39. The highest BCUT2D eigenvalue weighted by atomic mass is 15.2. The summed E-state index contributed by atoms with van der Waals surface area (Å²) in [4.78, 5) is 0. The van der Waals surface area contributed by atoms with Crippen LogP contribution in [0, 0.1) is 6.92 Å². The summed E-state index contributed by atoms with van der Waals surface area (Å²) in [7, 11) is 0. The minimum atomic E-state index is -0.000648. The summed E-state index contributed by atoms with van der Waals surface area (Å²) < 4.78 is 1.92. The van der Waals surface area contributed by atoms with Crippen LogP contribution in [0.5, 0.6) is 0 Å². The summed E-state index contributed by atoms with van der Waals surface area (Å²) in [6.45, 7) is 3.97. The molecule has 0 spiro atoms. The molecule has 68 valence electrons. The third kappa shape index (κ3) is 1.31. The Hall–Kier alpha value is -1.35. The Labute approximate surface area is 77.2 Å². The first kappa shape index (κ1) is 8.26. The third-order valence-corrected chi connectivity index (χ3v) is 2.16. The van der Waals surface area contributed by atoms with E-state index in [1.807, 2.05) is 42.6 Å². The van der Waals surface area contributed by atoms with Gasteiger partial charge in [0.2, 0.25) is 0 Å². The number of nitrogens with two attached hydrogens (primary N) is 1. The first-order chi connectivity index (χ1) is 6.18. The van der Waals surface area contributed by atoms with Gasteiger partial charge in [0.25, 0.3) is 0 Å². The maximum atomic E-state index is 5.75. The minimum absolute atomic E-state index is 0.000648. The molecule has 0 amide bonds. The molecule has 0 saturated heterocycles. The van der Waals surface area contributed by atoms with Crippen LogP contribution >= 0.6 is 0 Å². The van der Waals surface area contributed by atoms with Crippen LogP contribution < -0.4 is 5.73 Å². The molecular formula is C10H13N3. The van der Waals surface area contributed by atoms with Gasteiger partial charge in [-0.05, 0) is 32.0 Å². The molecule has 3 heteroatoms. The average Bonchev–Trinajstić information content (AvgIpc) is 2.49. The Morgan fingerprint density at radius 1 is 1.46 bits per heavy atom. The molecule has 0 fully saturated rings. The number of aryl methyl sites for hydroxylation is 1. The van der Waals surface area contributed by atoms with Gasteiger partial charge in [-0.25, -0.2) is 4.52 Å². The zero-order chi connectivity index (χ0) is 9.42. The van der Waals surface area contributed by atoms with E-state index in [9.17, 15) is 0 Å². The van der Waals surface area contributed by atoms with Crippen LogP contribution in [-0.2, 0) is 0 Å². The zero-order valence-corrected chi connectivity index (χ0v) is 7.86. The van der Waals surface area contributed by atoms with Crippen molar-refractivity contribution in [2.24, 2.45) is 5.73 Å². The number of pyridine rings is 1. The third-order valence-electron chi connectivity index (χ3n) is 2.16. The van der Waals surface area contributed by atoms with Gasteiger partial charge < -0.3 is 5.73 Å². The van der Waals surface area contributed by atoms with Crippen molar-refractivity contribution in [2.75, 3.05) is 0 Å². The smallest absolute Gasteiger partial charge is 0.0799 e. The van der Waals surface area contributed by atoms with Crippen molar-refractivity contribution < 1.29 is 0 Å². The fourth-order valence-corrected chi connectivity index (χ4v) is 1.40. The molecule has 2 N–H and O–H groups in total. The second-order valence-electron chi connectivity index (χ2n) is 3.36. The molecule has 2 heterocycles. The first-order valence-electron chi connectivity index (χ1n) is 4.39. The Bertz CT molecular complexity index is 429. The highest BCUT2D eigenvalue weighted by Gasteiger charge is 2.05. The van der Waals surface area contributed by atoms with Crippen molar-refractivity contribution in [2.45, 2.75) is 19.9 Å². The molecular weight excluding hydrogens is 162 g/mol. The molecule has 0 radical (unpaired) electrons. The number of nitrogens with zero attached hydrogens (tertiary/aromatic N) is 2. The Morgan fingerprint density at radius 2 is 2.23 bits per heavy atom. The molecule has 0 aromatic carbocycles. The van der Waals surface area contributed by atoms with Gasteiger partial charge in [0.05, 0.1) is 11.2 Å². The molecule has 0 bridgehead atoms. The molecule has 0 aliphatic rings. The lowest BCUT2D eigenvalue weighted by Crippen LogP contribution is -2.05. The van der Waals surface area contributed by atoms with Crippen molar-refractivity contribution in [3.8, 4) is 0 Å². The van der Waals surface area contributed by atoms with Crippen LogP contribution in [0.25, 0.3) is 5.52 Å². The second kappa shape index (κ2) is 2.85. The van der Waals surface area contributed by atoms with E-state index in [-0.39, 0.29) is 6.04 Å². The van der Waals surface area contributed by atoms with E-state index >= 15 is 0 Å². The summed E-state index contributed by atoms with van der Waals surface area (Å²) in [6.07, 6.45) is 0. The number of rotatable bonds is 1. The van der Waals surface area contributed by atoms with Crippen molar-refractivity contribution in [3.63, 3.8) is 0 Å². The molecule has 0 saturated carbocycles. The fraction of sp³-hybridized carbons (Fsp3) is 0.300. The topological polar surface area (TPSA) is 43.3 Å². The van der Waals surface area contributed by atoms with Gasteiger partial charge in [0, 0.05) is 11.7 Å². The number of hydrogen-bond acceptors (Lipinski definition) is 2. The van der Waals surface area contributed by atoms with Crippen molar-refractivity contribution in [3.05, 3.63) is 35.7 Å². The monoisotopic (exact) mass is 175 g/mol. The Kier molecular flexibility index (Phi) is 1.81. The lowest BCUT2D eigenvalue weighted by atomic mass is 10.2. The van der Waals surface area contributed by atoms with E-state index in [2.05, 4.69) is 5.10 Å². The molecule has 3 nitrogen and oxygen atoms in total. The van der Waals surface area contributed by atoms with E-state index in [0.717, 1.165) is 16.9 Å². The van der Waals surface area contributed by atoms with Crippen LogP contribution in [0.1, 0.15) is 24.4 Å². The lowest BCUT2D eigenvalue weighted by molar-refractivity contribution is 0.750. The highest BCUT2D eigenvalue weighted by Crippen LogP contribution is 2.13. The number of aromatic nitrogens is 2. The molecule has 13 heavy (non-hydrogen) atoms. The van der Waals surface area contributed by atoms with Gasteiger partial charge >= 0.3 is 0 Å². The minimum Gasteiger partial charge on any atom is -0.323 e. The molecule has 0 aliphatic carbocycles. The lowest BCUT2D eigenvalue weighted by Gasteiger charge is -1.98. The van der Waals surface area contributed by atoms with E-state index in [1.54, 1.807) is 0 Å². The van der Waals surface area contributed by atoms with Gasteiger partial charge in [-0.1, -0.05) is 6.07 Å². The molecule has 1 atom stereocenters. The molecule has 1 unspecified atom stereocenters. The van der Waals surface area contributed by atoms with Crippen LogP contribution in [0.2, 0.25) is 0 Å². The molecule has 2 rings (SSSR count). The molecule has 2 aromatic heterocycles. The standard InChI is InChI=1S/C10H13N3/c1-7-4-3-5-9-6-10(8(2)11)12-13(7)9/h3-6,8H,11H2,1-2H3. The van der Waals surface area contributed by atoms with Crippen LogP contribution in [0.4, 0.5) is 0 Å². The average molecular weight is 175 g/mol. The van der Waals surface area contributed by atoms with Crippen LogP contribution in [0.3, 0.4) is 0 Å². The van der Waals surface area contributed by atoms with Crippen molar-refractivity contribution >= 4 is 5.52 Å². The van der Waals surface area contributed by atoms with Crippen LogP contribution in [0.15, 0.2) is 24.3 Å². The zero-order valence-electron chi connectivity index (χ0n) is 7.86. The Morgan fingerprint density at radius 3 is 2.85 bits per heavy atom. The maximum absolute atomic E-state index is 5.75. The van der Waals surface area contributed by atoms with E-state index in [4.69, 9.17) is 5.73 Å². The van der Waals surface area contributed by atoms with E-state index in [0.29, 0.717) is 0 Å². The predicted octanol–water partition coefficient (Wildman–Crippen LogP) is 1.66. The van der Waals surface area contributed by atoms with Gasteiger partial charge in [0.1, 0.15) is 0 Å². The predicted molar refractivity (Wildman–Crippen MR) is 52.5 cm³/mol. The molecule has 2 aromatic rings. The van der Waals surface area contributed by atoms with E-state index in [1.165, 1.54) is 0 Å². The van der Waals surface area contributed by atoms with E-state index < -0.39 is 0 Å². The summed E-state index contributed by atoms with van der Waals surface area (Å²) >= 11 is 0. The summed E-state index contributed by atoms with van der Waals surface area (Å²) in [6, 6.07) is 8.12. The normalized spacial score (nSPS) is 13.5. The Balaban J connectivity index is 2.68. The summed E-state index contributed by atoms with van der Waals surface area (Å²) in [5.41, 5.74) is 8.92. The second-order valence-corrected chi connectivity index (χ2v) is 3.36. The number of fused-ring (bicyclic) bond motifs is 1. The van der Waals surface area contributed by atoms with Gasteiger partial charge in [-0.2, -0.15) is 5.10 Å².